The third-order valence-corrected chi connectivity index (χ3v) is 5.83. The van der Waals surface area contributed by atoms with Gasteiger partial charge in [0.05, 0.1) is 18.0 Å². The van der Waals surface area contributed by atoms with Gasteiger partial charge in [0.1, 0.15) is 11.4 Å². The first-order valence-corrected chi connectivity index (χ1v) is 9.37. The molecule has 2 fully saturated rings. The molecule has 1 saturated heterocycles. The van der Waals surface area contributed by atoms with Gasteiger partial charge in [-0.25, -0.2) is 9.98 Å². The molecule has 0 radical (unpaired) electrons. The Morgan fingerprint density at radius 1 is 1.20 bits per heavy atom. The Morgan fingerprint density at radius 2 is 1.92 bits per heavy atom. The van der Waals surface area contributed by atoms with E-state index in [2.05, 4.69) is 32.4 Å². The van der Waals surface area contributed by atoms with Gasteiger partial charge < -0.3 is 26.4 Å². The van der Waals surface area contributed by atoms with Crippen molar-refractivity contribution in [3.8, 4) is 0 Å². The summed E-state index contributed by atoms with van der Waals surface area (Å²) in [4.78, 5) is 11.3. The number of amidine groups is 1. The van der Waals surface area contributed by atoms with Gasteiger partial charge in [0.2, 0.25) is 0 Å². The van der Waals surface area contributed by atoms with Crippen LogP contribution in [0.5, 0.6) is 0 Å². The average molecular weight is 344 g/mol. The van der Waals surface area contributed by atoms with Crippen molar-refractivity contribution in [1.29, 1.82) is 0 Å². The fourth-order valence-corrected chi connectivity index (χ4v) is 4.29. The molecule has 7 nitrogen and oxygen atoms in total. The topological polar surface area (TPSA) is 98.3 Å². The number of hydrogen-bond donors (Lipinski definition) is 4. The van der Waals surface area contributed by atoms with Crippen molar-refractivity contribution in [3.05, 3.63) is 23.7 Å². The van der Waals surface area contributed by atoms with E-state index in [0.717, 1.165) is 50.3 Å². The number of hydrogen-bond acceptors (Lipinski definition) is 7. The van der Waals surface area contributed by atoms with E-state index >= 15 is 0 Å². The summed E-state index contributed by atoms with van der Waals surface area (Å²) in [6.45, 7) is 4.28. The fraction of sp³-hybridized carbons (Fsp3) is 0.667. The Bertz CT molecular complexity index is 652. The largest absolute Gasteiger partial charge is 0.393 e. The molecule has 136 valence electrons. The summed E-state index contributed by atoms with van der Waals surface area (Å²) in [5, 5.41) is 16.8. The predicted molar refractivity (Wildman–Crippen MR) is 99.0 cm³/mol. The maximum Gasteiger partial charge on any atom is 0.197 e. The van der Waals surface area contributed by atoms with Crippen LogP contribution in [0.2, 0.25) is 0 Å². The third kappa shape index (κ3) is 3.01. The monoisotopic (exact) mass is 344 g/mol. The van der Waals surface area contributed by atoms with Gasteiger partial charge in [-0.15, -0.1) is 0 Å². The van der Waals surface area contributed by atoms with Crippen LogP contribution in [0.25, 0.3) is 0 Å². The Kier molecular flexibility index (Phi) is 4.19. The summed E-state index contributed by atoms with van der Waals surface area (Å²) in [5.41, 5.74) is 7.83. The summed E-state index contributed by atoms with van der Waals surface area (Å²) in [5.74, 6) is 1.31. The number of nitrogens with two attached hydrogens (primary N) is 1. The lowest BCUT2D eigenvalue weighted by atomic mass is 9.85. The van der Waals surface area contributed by atoms with Crippen LogP contribution in [0.4, 0.5) is 0 Å². The highest BCUT2D eigenvalue weighted by Crippen LogP contribution is 2.35. The summed E-state index contributed by atoms with van der Waals surface area (Å²) >= 11 is 0. The standard InChI is InChI=1S/C18H28N6O/c1-18-14(16(19)20-11-15(18)24-8-2-3-9-24)10-21-17(23-18)22-12-4-6-13(25)7-5-12/h10-13,25H,2-9H2,1H3,(H2,19,20)(H2,21,22,23). The van der Waals surface area contributed by atoms with Crippen LogP contribution in [0, 0.1) is 0 Å². The number of nitrogens with zero attached hydrogens (tertiary/aromatic N) is 3. The summed E-state index contributed by atoms with van der Waals surface area (Å²) in [6.07, 6.45) is 9.67. The van der Waals surface area contributed by atoms with Gasteiger partial charge in [-0.1, -0.05) is 0 Å². The quantitative estimate of drug-likeness (QED) is 0.594. The van der Waals surface area contributed by atoms with Crippen molar-refractivity contribution in [1.82, 2.24) is 15.5 Å². The molecule has 0 amide bonds. The van der Waals surface area contributed by atoms with Gasteiger partial charge >= 0.3 is 0 Å². The minimum absolute atomic E-state index is 0.151. The van der Waals surface area contributed by atoms with Gasteiger partial charge in [-0.05, 0) is 45.4 Å². The number of likely N-dealkylation sites (tertiary alicyclic amines) is 1. The molecule has 7 heteroatoms. The van der Waals surface area contributed by atoms with Crippen LogP contribution < -0.4 is 16.4 Å². The highest BCUT2D eigenvalue weighted by Gasteiger charge is 2.43. The molecule has 4 aliphatic rings. The predicted octanol–water partition coefficient (Wildman–Crippen LogP) is 0.789. The normalized spacial score (nSPS) is 35.0. The molecule has 1 saturated carbocycles. The maximum atomic E-state index is 9.69. The molecule has 1 unspecified atom stereocenters. The molecule has 3 heterocycles. The van der Waals surface area contributed by atoms with E-state index in [9.17, 15) is 5.11 Å². The van der Waals surface area contributed by atoms with E-state index in [1.54, 1.807) is 0 Å². The lowest BCUT2D eigenvalue weighted by molar-refractivity contribution is 0.120. The van der Waals surface area contributed by atoms with Gasteiger partial charge in [0.15, 0.2) is 5.96 Å². The van der Waals surface area contributed by atoms with Crippen LogP contribution in [0.1, 0.15) is 45.4 Å². The number of nitrogens with one attached hydrogen (secondary N) is 2. The number of rotatable bonds is 2. The number of aliphatic hydroxyl groups is 1. The number of fused-ring (bicyclic) bond motifs is 1. The molecule has 0 bridgehead atoms. The van der Waals surface area contributed by atoms with Gasteiger partial charge in [0.25, 0.3) is 0 Å². The fourth-order valence-electron chi connectivity index (χ4n) is 4.29. The van der Waals surface area contributed by atoms with E-state index < -0.39 is 5.54 Å². The maximum absolute atomic E-state index is 9.69. The Hall–Kier alpha value is -2.02. The van der Waals surface area contributed by atoms with Crippen molar-refractivity contribution in [2.75, 3.05) is 13.1 Å². The van der Waals surface area contributed by atoms with E-state index in [1.807, 2.05) is 12.4 Å². The van der Waals surface area contributed by atoms with Crippen LogP contribution in [0.15, 0.2) is 33.7 Å². The average Bonchev–Trinajstić information content (AvgIpc) is 3.11. The highest BCUT2D eigenvalue weighted by atomic mass is 16.3. The molecule has 5 N–H and O–H groups in total. The SMILES string of the molecule is CC12NC(NC3CCC(O)CC3)=NC=C1C(N)=NC=C2N1CCCC1. The molecule has 0 aromatic carbocycles. The first-order valence-electron chi connectivity index (χ1n) is 9.37. The molecule has 1 atom stereocenters. The van der Waals surface area contributed by atoms with Crippen LogP contribution in [0.3, 0.4) is 0 Å². The van der Waals surface area contributed by atoms with Crippen LogP contribution >= 0.6 is 0 Å². The second-order valence-electron chi connectivity index (χ2n) is 7.64. The smallest absolute Gasteiger partial charge is 0.197 e. The van der Waals surface area contributed by atoms with Gasteiger partial charge in [0, 0.05) is 30.9 Å². The molecule has 0 aromatic rings. The van der Waals surface area contributed by atoms with Gasteiger partial charge in [-0.3, -0.25) is 0 Å². The number of aliphatic imine (C=N–C) groups is 2. The van der Waals surface area contributed by atoms with Crippen LogP contribution in [-0.4, -0.2) is 52.6 Å². The minimum Gasteiger partial charge on any atom is -0.393 e. The third-order valence-electron chi connectivity index (χ3n) is 5.83. The van der Waals surface area contributed by atoms with Crippen LogP contribution in [-0.2, 0) is 0 Å². The molecule has 0 spiro atoms. The van der Waals surface area contributed by atoms with Crippen molar-refractivity contribution in [3.63, 3.8) is 0 Å². The van der Waals surface area contributed by atoms with Crippen molar-refractivity contribution in [2.45, 2.75) is 63.1 Å². The zero-order valence-electron chi connectivity index (χ0n) is 14.8. The van der Waals surface area contributed by atoms with E-state index in [4.69, 9.17) is 5.73 Å². The summed E-state index contributed by atoms with van der Waals surface area (Å²) in [7, 11) is 0. The van der Waals surface area contributed by atoms with Gasteiger partial charge in [-0.2, -0.15) is 0 Å². The molecule has 25 heavy (non-hydrogen) atoms. The second kappa shape index (κ2) is 6.37. The molecular formula is C18H28N6O. The Balaban J connectivity index is 1.55. The van der Waals surface area contributed by atoms with E-state index in [-0.39, 0.29) is 6.10 Å². The molecule has 3 aliphatic heterocycles. The Labute approximate surface area is 148 Å². The Morgan fingerprint density at radius 3 is 2.64 bits per heavy atom. The van der Waals surface area contributed by atoms with Crippen molar-refractivity contribution >= 4 is 11.8 Å². The zero-order valence-corrected chi connectivity index (χ0v) is 14.8. The second-order valence-corrected chi connectivity index (χ2v) is 7.64. The van der Waals surface area contributed by atoms with E-state index in [0.29, 0.717) is 11.9 Å². The molecule has 1 aliphatic carbocycles. The zero-order chi connectivity index (χ0) is 17.4. The lowest BCUT2D eigenvalue weighted by Crippen LogP contribution is -2.61. The number of aliphatic hydroxyl groups excluding tert-OH is 1. The summed E-state index contributed by atoms with van der Waals surface area (Å²) < 4.78 is 0. The molecular weight excluding hydrogens is 316 g/mol. The first kappa shape index (κ1) is 16.4. The minimum atomic E-state index is -0.408. The molecule has 4 rings (SSSR count). The molecule has 0 aromatic heterocycles. The lowest BCUT2D eigenvalue weighted by Gasteiger charge is -2.44. The highest BCUT2D eigenvalue weighted by molar-refractivity contribution is 6.03. The summed E-state index contributed by atoms with van der Waals surface area (Å²) in [6, 6.07) is 0.349. The van der Waals surface area contributed by atoms with E-state index in [1.165, 1.54) is 18.5 Å². The first-order chi connectivity index (χ1) is 12.1. The van der Waals surface area contributed by atoms with Crippen molar-refractivity contribution in [2.24, 2.45) is 15.7 Å². The number of guanidine groups is 1. The van der Waals surface area contributed by atoms with Crippen molar-refractivity contribution < 1.29 is 5.11 Å².